The number of aliphatic hydroxyl groups is 1. The zero-order valence-corrected chi connectivity index (χ0v) is 12.4. The molecular weight excluding hydrogens is 270 g/mol. The van der Waals surface area contributed by atoms with E-state index in [1.807, 2.05) is 13.8 Å². The summed E-state index contributed by atoms with van der Waals surface area (Å²) in [5, 5.41) is 10.1. The number of hydrogen-bond donors (Lipinski definition) is 1. The van der Waals surface area contributed by atoms with Gasteiger partial charge in [0.15, 0.2) is 5.78 Å². The molecule has 1 aromatic rings. The van der Waals surface area contributed by atoms with Crippen molar-refractivity contribution in [2.45, 2.75) is 26.3 Å². The molecule has 21 heavy (non-hydrogen) atoms. The molecule has 0 bridgehead atoms. The van der Waals surface area contributed by atoms with E-state index in [1.54, 1.807) is 31.4 Å². The van der Waals surface area contributed by atoms with Gasteiger partial charge in [-0.1, -0.05) is 12.1 Å². The lowest BCUT2D eigenvalue weighted by atomic mass is 10.1. The highest BCUT2D eigenvalue weighted by Gasteiger charge is 2.37. The van der Waals surface area contributed by atoms with Gasteiger partial charge in [0.25, 0.3) is 5.91 Å². The largest absolute Gasteiger partial charge is 0.511 e. The Hall–Kier alpha value is -2.30. The Morgan fingerprint density at radius 2 is 1.90 bits per heavy atom. The number of ether oxygens (including phenoxy) is 1. The number of benzene rings is 1. The lowest BCUT2D eigenvalue weighted by molar-refractivity contribution is -0.126. The van der Waals surface area contributed by atoms with Crippen LogP contribution in [-0.2, 0) is 16.0 Å². The number of carbonyl (C=O) groups is 2. The average Bonchev–Trinajstić information content (AvgIpc) is 2.75. The van der Waals surface area contributed by atoms with Crippen LogP contribution in [0.4, 0.5) is 0 Å². The van der Waals surface area contributed by atoms with Crippen LogP contribution in [0.15, 0.2) is 35.6 Å². The van der Waals surface area contributed by atoms with Crippen LogP contribution in [0, 0.1) is 0 Å². The molecule has 1 heterocycles. The maximum Gasteiger partial charge on any atom is 0.261 e. The topological polar surface area (TPSA) is 66.8 Å². The van der Waals surface area contributed by atoms with Crippen molar-refractivity contribution in [3.05, 3.63) is 41.2 Å². The number of amides is 1. The molecule has 0 radical (unpaired) electrons. The van der Waals surface area contributed by atoms with Crippen LogP contribution in [0.5, 0.6) is 5.75 Å². The maximum atomic E-state index is 12.2. The molecule has 112 valence electrons. The van der Waals surface area contributed by atoms with Crippen LogP contribution in [-0.4, -0.2) is 41.4 Å². The first kappa shape index (κ1) is 15.1. The zero-order valence-electron chi connectivity index (χ0n) is 12.4. The van der Waals surface area contributed by atoms with E-state index in [0.717, 1.165) is 5.56 Å². The van der Waals surface area contributed by atoms with Gasteiger partial charge in [0.05, 0.1) is 13.7 Å². The van der Waals surface area contributed by atoms with Crippen molar-refractivity contribution in [2.75, 3.05) is 13.7 Å². The van der Waals surface area contributed by atoms with E-state index in [1.165, 1.54) is 4.90 Å². The lowest BCUT2D eigenvalue weighted by Crippen LogP contribution is -2.32. The fourth-order valence-corrected chi connectivity index (χ4v) is 2.30. The summed E-state index contributed by atoms with van der Waals surface area (Å²) in [5.41, 5.74) is 0.726. The Kier molecular flexibility index (Phi) is 4.31. The van der Waals surface area contributed by atoms with Crippen LogP contribution < -0.4 is 4.74 Å². The highest BCUT2D eigenvalue weighted by atomic mass is 16.5. The third-order valence-electron chi connectivity index (χ3n) is 3.51. The molecule has 1 N–H and O–H groups in total. The first-order chi connectivity index (χ1) is 9.93. The smallest absolute Gasteiger partial charge is 0.261 e. The minimum Gasteiger partial charge on any atom is -0.511 e. The number of nitrogens with zero attached hydrogens (tertiary/aromatic N) is 1. The number of ketones is 1. The second kappa shape index (κ2) is 5.99. The molecule has 0 atom stereocenters. The predicted molar refractivity (Wildman–Crippen MR) is 78.2 cm³/mol. The molecule has 1 saturated heterocycles. The quantitative estimate of drug-likeness (QED) is 0.522. The van der Waals surface area contributed by atoms with E-state index < -0.39 is 0 Å². The van der Waals surface area contributed by atoms with E-state index >= 15 is 0 Å². The molecule has 1 aliphatic heterocycles. The highest BCUT2D eigenvalue weighted by molar-refractivity contribution is 6.25. The summed E-state index contributed by atoms with van der Waals surface area (Å²) in [4.78, 5) is 25.5. The molecule has 0 saturated carbocycles. The lowest BCUT2D eigenvalue weighted by Gasteiger charge is -2.18. The maximum absolute atomic E-state index is 12.2. The van der Waals surface area contributed by atoms with Crippen molar-refractivity contribution in [3.63, 3.8) is 0 Å². The number of rotatable bonds is 4. The summed E-state index contributed by atoms with van der Waals surface area (Å²) in [5.74, 6) is -0.163. The third kappa shape index (κ3) is 3.07. The van der Waals surface area contributed by atoms with Crippen LogP contribution in [0.3, 0.4) is 0 Å². The zero-order chi connectivity index (χ0) is 15.6. The molecule has 2 rings (SSSR count). The SMILES string of the molecule is COc1ccc(C/C(O)=C2\C(=O)CN(C(C)C)C2=O)cc1. The Morgan fingerprint density at radius 3 is 2.38 bits per heavy atom. The highest BCUT2D eigenvalue weighted by Crippen LogP contribution is 2.22. The fourth-order valence-electron chi connectivity index (χ4n) is 2.30. The molecular formula is C16H19NO4. The van der Waals surface area contributed by atoms with Gasteiger partial charge in [0.1, 0.15) is 17.1 Å². The summed E-state index contributed by atoms with van der Waals surface area (Å²) in [6.45, 7) is 3.72. The summed E-state index contributed by atoms with van der Waals surface area (Å²) in [6.07, 6.45) is 0.155. The molecule has 0 aromatic heterocycles. The van der Waals surface area contributed by atoms with Crippen LogP contribution in [0.1, 0.15) is 19.4 Å². The molecule has 1 aliphatic rings. The summed E-state index contributed by atoms with van der Waals surface area (Å²) < 4.78 is 5.06. The van der Waals surface area contributed by atoms with Crippen LogP contribution in [0.25, 0.3) is 0 Å². The number of hydrogen-bond acceptors (Lipinski definition) is 4. The van der Waals surface area contributed by atoms with E-state index in [-0.39, 0.29) is 42.0 Å². The van der Waals surface area contributed by atoms with Gasteiger partial charge in [-0.05, 0) is 31.5 Å². The normalized spacial score (nSPS) is 17.6. The monoisotopic (exact) mass is 289 g/mol. The first-order valence-corrected chi connectivity index (χ1v) is 6.83. The first-order valence-electron chi connectivity index (χ1n) is 6.83. The average molecular weight is 289 g/mol. The van der Waals surface area contributed by atoms with Crippen LogP contribution in [0.2, 0.25) is 0 Å². The molecule has 5 nitrogen and oxygen atoms in total. The standard InChI is InChI=1S/C16H19NO4/c1-10(2)17-9-14(19)15(16(17)20)13(18)8-11-4-6-12(21-3)7-5-11/h4-7,10,18H,8-9H2,1-3H3/b15-13-. The van der Waals surface area contributed by atoms with Gasteiger partial charge in [-0.25, -0.2) is 0 Å². The number of carbonyl (C=O) groups excluding carboxylic acids is 2. The number of aliphatic hydroxyl groups excluding tert-OH is 1. The van der Waals surface area contributed by atoms with Gasteiger partial charge in [0.2, 0.25) is 0 Å². The Balaban J connectivity index is 2.22. The van der Waals surface area contributed by atoms with Gasteiger partial charge in [0, 0.05) is 12.5 Å². The summed E-state index contributed by atoms with van der Waals surface area (Å²) in [7, 11) is 1.57. The summed E-state index contributed by atoms with van der Waals surface area (Å²) >= 11 is 0. The molecule has 5 heteroatoms. The Morgan fingerprint density at radius 1 is 1.29 bits per heavy atom. The predicted octanol–water partition coefficient (Wildman–Crippen LogP) is 1.87. The van der Waals surface area contributed by atoms with Gasteiger partial charge < -0.3 is 14.7 Å². The fraction of sp³-hybridized carbons (Fsp3) is 0.375. The van der Waals surface area contributed by atoms with Crippen molar-refractivity contribution in [2.24, 2.45) is 0 Å². The van der Waals surface area contributed by atoms with E-state index in [9.17, 15) is 14.7 Å². The van der Waals surface area contributed by atoms with E-state index in [4.69, 9.17) is 4.74 Å². The molecule has 0 unspecified atom stereocenters. The number of allylic oxidation sites excluding steroid dienone is 1. The van der Waals surface area contributed by atoms with Gasteiger partial charge >= 0.3 is 0 Å². The second-order valence-corrected chi connectivity index (χ2v) is 5.30. The number of likely N-dealkylation sites (tertiary alicyclic amines) is 1. The van der Waals surface area contributed by atoms with Crippen molar-refractivity contribution in [1.82, 2.24) is 4.90 Å². The van der Waals surface area contributed by atoms with Crippen molar-refractivity contribution in [3.8, 4) is 5.75 Å². The van der Waals surface area contributed by atoms with Gasteiger partial charge in [-0.2, -0.15) is 0 Å². The third-order valence-corrected chi connectivity index (χ3v) is 3.51. The molecule has 0 aliphatic carbocycles. The Bertz CT molecular complexity index is 587. The van der Waals surface area contributed by atoms with Crippen molar-refractivity contribution < 1.29 is 19.4 Å². The van der Waals surface area contributed by atoms with Crippen molar-refractivity contribution >= 4 is 11.7 Å². The summed E-state index contributed by atoms with van der Waals surface area (Å²) in [6, 6.07) is 7.06. The molecule has 0 spiro atoms. The van der Waals surface area contributed by atoms with Crippen LogP contribution >= 0.6 is 0 Å². The second-order valence-electron chi connectivity index (χ2n) is 5.30. The van der Waals surface area contributed by atoms with Gasteiger partial charge in [-0.15, -0.1) is 0 Å². The van der Waals surface area contributed by atoms with E-state index in [2.05, 4.69) is 0 Å². The molecule has 1 fully saturated rings. The number of methoxy groups -OCH3 is 1. The minimum atomic E-state index is -0.388. The number of Topliss-reactive ketones (excluding diaryl/α,β-unsaturated/α-hetero) is 1. The molecule has 1 aromatic carbocycles. The Labute approximate surface area is 123 Å². The van der Waals surface area contributed by atoms with Crippen molar-refractivity contribution in [1.29, 1.82) is 0 Å². The van der Waals surface area contributed by atoms with Gasteiger partial charge in [-0.3, -0.25) is 9.59 Å². The minimum absolute atomic E-state index is 0.0402. The van der Waals surface area contributed by atoms with E-state index in [0.29, 0.717) is 5.75 Å². The molecule has 1 amide bonds.